The zero-order valence-corrected chi connectivity index (χ0v) is 12.6. The molecule has 0 aliphatic carbocycles. The predicted molar refractivity (Wildman–Crippen MR) is 86.3 cm³/mol. The summed E-state index contributed by atoms with van der Waals surface area (Å²) in [5.41, 5.74) is 0.984. The number of carbonyl (C=O) groups is 2. The van der Waals surface area contributed by atoms with Gasteiger partial charge in [0.2, 0.25) is 6.41 Å². The molecule has 1 aliphatic rings. The molecule has 3 rings (SSSR count). The van der Waals surface area contributed by atoms with Crippen LogP contribution in [0.3, 0.4) is 0 Å². The molecule has 7 heteroatoms. The summed E-state index contributed by atoms with van der Waals surface area (Å²) < 4.78 is 0. The van der Waals surface area contributed by atoms with E-state index in [4.69, 9.17) is 0 Å². The highest BCUT2D eigenvalue weighted by Gasteiger charge is 2.17. The van der Waals surface area contributed by atoms with Crippen molar-refractivity contribution in [1.29, 1.82) is 0 Å². The molecule has 0 bridgehead atoms. The molecule has 1 aromatic heterocycles. The molecule has 2 aromatic rings. The summed E-state index contributed by atoms with van der Waals surface area (Å²) in [7, 11) is 0. The van der Waals surface area contributed by atoms with Crippen LogP contribution in [0.2, 0.25) is 0 Å². The van der Waals surface area contributed by atoms with E-state index >= 15 is 0 Å². The van der Waals surface area contributed by atoms with Gasteiger partial charge in [0.25, 0.3) is 5.91 Å². The van der Waals surface area contributed by atoms with Crippen molar-refractivity contribution >= 4 is 23.8 Å². The first-order valence-electron chi connectivity index (χ1n) is 7.39. The monoisotopic (exact) mass is 311 g/mol. The fourth-order valence-electron chi connectivity index (χ4n) is 2.37. The van der Waals surface area contributed by atoms with E-state index in [0.717, 1.165) is 6.41 Å². The van der Waals surface area contributed by atoms with Crippen LogP contribution in [0.25, 0.3) is 0 Å². The summed E-state index contributed by atoms with van der Waals surface area (Å²) >= 11 is 0. The Morgan fingerprint density at radius 2 is 1.78 bits per heavy atom. The number of hydrogen-bond donors (Lipinski definition) is 1. The topological polar surface area (TPSA) is 78.4 Å². The molecule has 1 aromatic carbocycles. The Labute approximate surface area is 134 Å². The number of rotatable bonds is 4. The van der Waals surface area contributed by atoms with Crippen molar-refractivity contribution < 1.29 is 9.59 Å². The second kappa shape index (κ2) is 6.87. The van der Waals surface area contributed by atoms with Crippen molar-refractivity contribution in [2.45, 2.75) is 0 Å². The lowest BCUT2D eigenvalue weighted by molar-refractivity contribution is -0.118. The van der Waals surface area contributed by atoms with E-state index in [1.54, 1.807) is 11.1 Å². The number of hydrogen-bond acceptors (Lipinski definition) is 5. The molecule has 7 nitrogen and oxygen atoms in total. The third-order valence-corrected chi connectivity index (χ3v) is 3.69. The fourth-order valence-corrected chi connectivity index (χ4v) is 2.37. The van der Waals surface area contributed by atoms with Crippen molar-refractivity contribution in [2.24, 2.45) is 0 Å². The van der Waals surface area contributed by atoms with Gasteiger partial charge in [-0.2, -0.15) is 0 Å². The molecule has 2 heterocycles. The molecule has 0 radical (unpaired) electrons. The van der Waals surface area contributed by atoms with Crippen LogP contribution in [-0.4, -0.2) is 53.4 Å². The lowest BCUT2D eigenvalue weighted by Crippen LogP contribution is -2.46. The number of piperazine rings is 1. The summed E-state index contributed by atoms with van der Waals surface area (Å²) in [5.74, 6) is 0.424. The second-order valence-electron chi connectivity index (χ2n) is 5.21. The molecule has 0 unspecified atom stereocenters. The molecular formula is C16H17N5O2. The molecular weight excluding hydrogens is 294 g/mol. The van der Waals surface area contributed by atoms with E-state index in [-0.39, 0.29) is 11.6 Å². The lowest BCUT2D eigenvalue weighted by Gasteiger charge is -2.33. The third kappa shape index (κ3) is 3.63. The van der Waals surface area contributed by atoms with E-state index in [9.17, 15) is 9.59 Å². The van der Waals surface area contributed by atoms with Gasteiger partial charge in [0.15, 0.2) is 0 Å². The normalized spacial score (nSPS) is 14.4. The second-order valence-corrected chi connectivity index (χ2v) is 5.21. The van der Waals surface area contributed by atoms with Crippen molar-refractivity contribution in [3.05, 3.63) is 48.4 Å². The number of carbonyl (C=O) groups excluding carboxylic acids is 2. The van der Waals surface area contributed by atoms with E-state index in [1.807, 2.05) is 35.2 Å². The van der Waals surface area contributed by atoms with Crippen LogP contribution < -0.4 is 10.2 Å². The fraction of sp³-hybridized carbons (Fsp3) is 0.250. The van der Waals surface area contributed by atoms with E-state index in [2.05, 4.69) is 15.3 Å². The van der Waals surface area contributed by atoms with Gasteiger partial charge in [-0.3, -0.25) is 9.59 Å². The van der Waals surface area contributed by atoms with Crippen molar-refractivity contribution in [3.8, 4) is 0 Å². The minimum Gasteiger partial charge on any atom is -0.352 e. The Bertz CT molecular complexity index is 667. The standard InChI is InChI=1S/C16H17N5O2/c22-12-20-6-8-21(9-7-20)15-11-17-14(10-18-15)16(23)19-13-4-2-1-3-5-13/h1-5,10-12H,6-9H2,(H,19,23). The van der Waals surface area contributed by atoms with E-state index in [1.165, 1.54) is 6.20 Å². The highest BCUT2D eigenvalue weighted by molar-refractivity contribution is 6.02. The predicted octanol–water partition coefficient (Wildman–Crippen LogP) is 1.01. The smallest absolute Gasteiger partial charge is 0.275 e. The van der Waals surface area contributed by atoms with Gasteiger partial charge in [0.05, 0.1) is 12.4 Å². The van der Waals surface area contributed by atoms with Gasteiger partial charge in [-0.05, 0) is 12.1 Å². The van der Waals surface area contributed by atoms with Gasteiger partial charge in [0.1, 0.15) is 11.5 Å². The first-order chi connectivity index (χ1) is 11.3. The number of nitrogens with zero attached hydrogens (tertiary/aromatic N) is 4. The molecule has 0 atom stereocenters. The van der Waals surface area contributed by atoms with E-state index in [0.29, 0.717) is 37.7 Å². The molecule has 1 N–H and O–H groups in total. The summed E-state index contributed by atoms with van der Waals surface area (Å²) in [4.78, 5) is 35.1. The molecule has 1 fully saturated rings. The minimum atomic E-state index is -0.291. The Hall–Kier alpha value is -2.96. The zero-order valence-electron chi connectivity index (χ0n) is 12.6. The van der Waals surface area contributed by atoms with Gasteiger partial charge in [0, 0.05) is 31.9 Å². The first-order valence-corrected chi connectivity index (χ1v) is 7.39. The molecule has 23 heavy (non-hydrogen) atoms. The maximum atomic E-state index is 12.1. The van der Waals surface area contributed by atoms with E-state index < -0.39 is 0 Å². The van der Waals surface area contributed by atoms with Crippen molar-refractivity contribution in [3.63, 3.8) is 0 Å². The zero-order chi connectivity index (χ0) is 16.1. The summed E-state index contributed by atoms with van der Waals surface area (Å²) in [6.45, 7) is 2.76. The molecule has 0 saturated carbocycles. The summed E-state index contributed by atoms with van der Waals surface area (Å²) in [6.07, 6.45) is 3.93. The maximum Gasteiger partial charge on any atom is 0.275 e. The Morgan fingerprint density at radius 3 is 2.39 bits per heavy atom. The number of benzene rings is 1. The number of aromatic nitrogens is 2. The molecule has 1 saturated heterocycles. The maximum absolute atomic E-state index is 12.1. The number of nitrogens with one attached hydrogen (secondary N) is 1. The Kier molecular flexibility index (Phi) is 4.46. The van der Waals surface area contributed by atoms with Crippen LogP contribution in [0.1, 0.15) is 10.5 Å². The van der Waals surface area contributed by atoms with Crippen molar-refractivity contribution in [2.75, 3.05) is 36.4 Å². The summed E-state index contributed by atoms with van der Waals surface area (Å²) in [5, 5.41) is 2.77. The Balaban J connectivity index is 1.63. The minimum absolute atomic E-state index is 0.268. The van der Waals surface area contributed by atoms with Gasteiger partial charge < -0.3 is 15.1 Å². The van der Waals surface area contributed by atoms with Crippen LogP contribution in [0.5, 0.6) is 0 Å². The number of amides is 2. The average Bonchev–Trinajstić information content (AvgIpc) is 2.63. The lowest BCUT2D eigenvalue weighted by atomic mass is 10.3. The van der Waals surface area contributed by atoms with Gasteiger partial charge >= 0.3 is 0 Å². The number of anilines is 2. The SMILES string of the molecule is O=CN1CCN(c2cnc(C(=O)Nc3ccccc3)cn2)CC1. The highest BCUT2D eigenvalue weighted by atomic mass is 16.2. The van der Waals surface area contributed by atoms with Gasteiger partial charge in [-0.1, -0.05) is 18.2 Å². The van der Waals surface area contributed by atoms with Gasteiger partial charge in [-0.15, -0.1) is 0 Å². The van der Waals surface area contributed by atoms with Crippen LogP contribution in [0, 0.1) is 0 Å². The van der Waals surface area contributed by atoms with Gasteiger partial charge in [-0.25, -0.2) is 9.97 Å². The van der Waals surface area contributed by atoms with Crippen LogP contribution in [0.4, 0.5) is 11.5 Å². The first kappa shape index (κ1) is 15.0. The molecule has 118 valence electrons. The molecule has 0 spiro atoms. The molecule has 2 amide bonds. The summed E-state index contributed by atoms with van der Waals surface area (Å²) in [6, 6.07) is 9.21. The van der Waals surface area contributed by atoms with Crippen LogP contribution in [0.15, 0.2) is 42.7 Å². The molecule has 1 aliphatic heterocycles. The largest absolute Gasteiger partial charge is 0.352 e. The average molecular weight is 311 g/mol. The Morgan fingerprint density at radius 1 is 1.04 bits per heavy atom. The third-order valence-electron chi connectivity index (χ3n) is 3.69. The van der Waals surface area contributed by atoms with Crippen LogP contribution in [-0.2, 0) is 4.79 Å². The van der Waals surface area contributed by atoms with Crippen LogP contribution >= 0.6 is 0 Å². The quantitative estimate of drug-likeness (QED) is 0.853. The van der Waals surface area contributed by atoms with Crippen molar-refractivity contribution in [1.82, 2.24) is 14.9 Å². The number of para-hydroxylation sites is 1. The highest BCUT2D eigenvalue weighted by Crippen LogP contribution is 2.13.